The molecule has 0 aliphatic carbocycles. The molecule has 4 N–H and O–H groups in total. The van der Waals surface area contributed by atoms with Crippen molar-refractivity contribution in [2.75, 3.05) is 34.2 Å². The van der Waals surface area contributed by atoms with E-state index in [9.17, 15) is 14.4 Å². The fourth-order valence-corrected chi connectivity index (χ4v) is 10.9. The van der Waals surface area contributed by atoms with Crippen molar-refractivity contribution in [1.29, 1.82) is 0 Å². The zero-order valence-corrected chi connectivity index (χ0v) is 40.1. The highest BCUT2D eigenvalue weighted by Gasteiger charge is 2.54. The van der Waals surface area contributed by atoms with Crippen molar-refractivity contribution in [2.24, 2.45) is 29.6 Å². The van der Waals surface area contributed by atoms with Crippen molar-refractivity contribution >= 4 is 17.7 Å². The van der Waals surface area contributed by atoms with E-state index in [0.29, 0.717) is 60.1 Å². The summed E-state index contributed by atoms with van der Waals surface area (Å²) in [5, 5.41) is 2.97. The lowest BCUT2D eigenvalue weighted by Crippen LogP contribution is -2.61. The van der Waals surface area contributed by atoms with Gasteiger partial charge >= 0.3 is 0 Å². The Kier molecular flexibility index (Phi) is 16.3. The van der Waals surface area contributed by atoms with E-state index in [1.807, 2.05) is 33.3 Å². The first-order valence-corrected chi connectivity index (χ1v) is 23.7. The molecule has 0 saturated carbocycles. The van der Waals surface area contributed by atoms with Crippen molar-refractivity contribution in [3.05, 3.63) is 54.7 Å². The maximum Gasteiger partial charge on any atom is 0.241 e. The van der Waals surface area contributed by atoms with Gasteiger partial charge < -0.3 is 34.8 Å². The van der Waals surface area contributed by atoms with Gasteiger partial charge in [0.2, 0.25) is 17.7 Å². The number of likely N-dealkylation sites (tertiary alicyclic amines) is 1. The summed E-state index contributed by atoms with van der Waals surface area (Å²) < 4.78 is 5.92. The van der Waals surface area contributed by atoms with E-state index >= 15 is 0 Å². The molecule has 3 amide bonds. The second-order valence-corrected chi connectivity index (χ2v) is 19.8. The number of H-pyrrole nitrogens is 3. The minimum absolute atomic E-state index is 0.0526. The number of aromatic amines is 3. The molecule has 5 aliphatic rings. The largest absolute Gasteiger partial charge is 0.370 e. The molecule has 0 spiro atoms. The molecule has 5 fully saturated rings. The Morgan fingerprint density at radius 2 is 1.38 bits per heavy atom. The maximum absolute atomic E-state index is 13.0. The van der Waals surface area contributed by atoms with Gasteiger partial charge in [0.1, 0.15) is 0 Å². The monoisotopic (exact) mass is 875 g/mol. The third kappa shape index (κ3) is 10.7. The predicted molar refractivity (Wildman–Crippen MR) is 244 cm³/mol. The molecule has 3 aromatic heterocycles. The van der Waals surface area contributed by atoms with E-state index in [4.69, 9.17) is 4.74 Å². The van der Waals surface area contributed by atoms with Gasteiger partial charge in [0.25, 0.3) is 0 Å². The first-order valence-electron chi connectivity index (χ1n) is 23.7. The molecule has 8 rings (SSSR count). The van der Waals surface area contributed by atoms with Crippen LogP contribution in [0.3, 0.4) is 0 Å². The molecule has 63 heavy (non-hydrogen) atoms. The standard InChI is InChI=1S/C17H28N4O.C16H26N4O.C14H24N4O2/c1-5-11(2)16-17(22)21-8-13(6-14-7-18-10-19-14)12(3)15(21)9-20(16)4;1-5-10(2)15-16(21)20-13(7-12-8-17-9-18-12)11(3)6-14(20)19(15)4;1-9(2)17-14(19)12-5-13(10(3)18(12)4)20-7-11-6-15-8-16-11/h7,10-13,15-16H,5-6,8-9H2,1-4H3,(H,18,19);8-11,13-15H,5-7H2,1-4H3,(H,17,18);6,8-10,12-13H,5,7H2,1-4H3,(H,15,16)(H,17,19). The van der Waals surface area contributed by atoms with E-state index < -0.39 is 0 Å². The topological polar surface area (TPSA) is 175 Å². The molecule has 16 nitrogen and oxygen atoms in total. The van der Waals surface area contributed by atoms with E-state index in [2.05, 4.69) is 122 Å². The van der Waals surface area contributed by atoms with Gasteiger partial charge in [-0.1, -0.05) is 54.4 Å². The van der Waals surface area contributed by atoms with Crippen LogP contribution in [0.25, 0.3) is 0 Å². The summed E-state index contributed by atoms with van der Waals surface area (Å²) in [5.41, 5.74) is 3.25. The number of piperazine rings is 1. The molecule has 5 aliphatic heterocycles. The Labute approximate surface area is 376 Å². The second-order valence-electron chi connectivity index (χ2n) is 19.8. The summed E-state index contributed by atoms with van der Waals surface area (Å²) in [6.07, 6.45) is 16.7. The van der Waals surface area contributed by atoms with Crippen LogP contribution in [0.5, 0.6) is 0 Å². The Balaban J connectivity index is 0.000000158. The summed E-state index contributed by atoms with van der Waals surface area (Å²) in [4.78, 5) is 70.6. The van der Waals surface area contributed by atoms with Gasteiger partial charge in [0.15, 0.2) is 0 Å². The van der Waals surface area contributed by atoms with Crippen molar-refractivity contribution in [3.8, 4) is 0 Å². The molecule has 16 heteroatoms. The Hall–Kier alpha value is -4.12. The number of nitrogens with zero attached hydrogens (tertiary/aromatic N) is 8. The Morgan fingerprint density at radius 1 is 0.794 bits per heavy atom. The summed E-state index contributed by atoms with van der Waals surface area (Å²) in [6, 6.07) is 1.04. The van der Waals surface area contributed by atoms with Crippen LogP contribution in [0.1, 0.15) is 105 Å². The van der Waals surface area contributed by atoms with E-state index in [-0.39, 0.29) is 48.4 Å². The molecule has 13 atom stereocenters. The summed E-state index contributed by atoms with van der Waals surface area (Å²) in [6.45, 7) is 21.7. The number of likely N-dealkylation sites (N-methyl/N-ethyl adjacent to an activating group) is 3. The molecule has 0 radical (unpaired) electrons. The summed E-state index contributed by atoms with van der Waals surface area (Å²) in [5.74, 6) is 3.17. The zero-order valence-electron chi connectivity index (χ0n) is 40.1. The van der Waals surface area contributed by atoms with E-state index in [1.165, 1.54) is 5.69 Å². The predicted octanol–water partition coefficient (Wildman–Crippen LogP) is 4.56. The van der Waals surface area contributed by atoms with Crippen molar-refractivity contribution in [3.63, 3.8) is 0 Å². The number of nitrogens with one attached hydrogen (secondary N) is 4. The molecule has 3 aromatic rings. The molecule has 0 aromatic carbocycles. The number of imidazole rings is 3. The lowest BCUT2D eigenvalue weighted by atomic mass is 9.87. The van der Waals surface area contributed by atoms with Crippen LogP contribution in [0.4, 0.5) is 0 Å². The van der Waals surface area contributed by atoms with Gasteiger partial charge in [-0.05, 0) is 90.8 Å². The van der Waals surface area contributed by atoms with Crippen molar-refractivity contribution in [2.45, 2.75) is 162 Å². The first-order chi connectivity index (χ1) is 30.1. The van der Waals surface area contributed by atoms with Crippen LogP contribution in [0, 0.1) is 29.6 Å². The van der Waals surface area contributed by atoms with Crippen LogP contribution in [0.15, 0.2) is 37.6 Å². The van der Waals surface area contributed by atoms with Crippen molar-refractivity contribution in [1.82, 2.24) is 59.7 Å². The smallest absolute Gasteiger partial charge is 0.241 e. The third-order valence-corrected chi connectivity index (χ3v) is 15.3. The van der Waals surface area contributed by atoms with Gasteiger partial charge in [-0.15, -0.1) is 0 Å². The number of carbonyl (C=O) groups excluding carboxylic acids is 3. The average molecular weight is 875 g/mol. The summed E-state index contributed by atoms with van der Waals surface area (Å²) >= 11 is 0. The third-order valence-electron chi connectivity index (χ3n) is 15.3. The number of amides is 3. The number of carbonyl (C=O) groups is 3. The number of rotatable bonds is 13. The quantitative estimate of drug-likeness (QED) is 0.191. The number of hydrogen-bond donors (Lipinski definition) is 4. The van der Waals surface area contributed by atoms with E-state index in [1.54, 1.807) is 25.2 Å². The average Bonchev–Trinajstić information content (AvgIpc) is 4.13. The van der Waals surface area contributed by atoms with Gasteiger partial charge in [-0.3, -0.25) is 29.1 Å². The Morgan fingerprint density at radius 3 is 1.95 bits per heavy atom. The van der Waals surface area contributed by atoms with Crippen molar-refractivity contribution < 1.29 is 19.1 Å². The number of aromatic nitrogens is 6. The van der Waals surface area contributed by atoms with Crippen LogP contribution in [0.2, 0.25) is 0 Å². The lowest BCUT2D eigenvalue weighted by Gasteiger charge is -2.44. The fraction of sp³-hybridized carbons (Fsp3) is 0.745. The first kappa shape index (κ1) is 48.3. The molecule has 0 bridgehead atoms. The van der Waals surface area contributed by atoms with Gasteiger partial charge in [-0.2, -0.15) is 0 Å². The van der Waals surface area contributed by atoms with Crippen LogP contribution >= 0.6 is 0 Å². The molecule has 13 unspecified atom stereocenters. The molecule has 5 saturated heterocycles. The highest BCUT2D eigenvalue weighted by Crippen LogP contribution is 2.41. The maximum atomic E-state index is 13.0. The highest BCUT2D eigenvalue weighted by molar-refractivity contribution is 5.85. The van der Waals surface area contributed by atoms with E-state index in [0.717, 1.165) is 63.0 Å². The molecular weight excluding hydrogens is 797 g/mol. The SMILES string of the molecule is CC(C)NC(=O)C1CC(OCc2cnc[nH]2)C(C)N1C.CCC(C)C1C(=O)N2C(Cc3cnc[nH]3)C(C)CC2N1C.CCC(C)C1C(=O)N2CC(Cc3cnc[nH]3)C(C)C2CN1C. The number of ether oxygens (including phenoxy) is 1. The second kappa shape index (κ2) is 21.2. The summed E-state index contributed by atoms with van der Waals surface area (Å²) in [7, 11) is 6.21. The van der Waals surface area contributed by atoms with Gasteiger partial charge in [0.05, 0.1) is 67.9 Å². The highest BCUT2D eigenvalue weighted by atomic mass is 16.5. The van der Waals surface area contributed by atoms with Gasteiger partial charge in [0, 0.05) is 67.5 Å². The number of hydrogen-bond acceptors (Lipinski definition) is 10. The van der Waals surface area contributed by atoms with Crippen LogP contribution in [-0.2, 0) is 38.6 Å². The molecule has 350 valence electrons. The molecule has 8 heterocycles. The van der Waals surface area contributed by atoms with Gasteiger partial charge in [-0.25, -0.2) is 15.0 Å². The normalized spacial score (nSPS) is 32.0. The minimum atomic E-state index is -0.112. The minimum Gasteiger partial charge on any atom is -0.370 e. The molecular formula is C47H78N12O4. The lowest BCUT2D eigenvalue weighted by molar-refractivity contribution is -0.145. The van der Waals surface area contributed by atoms with Crippen LogP contribution < -0.4 is 5.32 Å². The fourth-order valence-electron chi connectivity index (χ4n) is 10.9. The number of fused-ring (bicyclic) bond motifs is 2. The zero-order chi connectivity index (χ0) is 45.7. The Bertz CT molecular complexity index is 1870. The van der Waals surface area contributed by atoms with Crippen LogP contribution in [-0.4, -0.2) is 161 Å².